The Morgan fingerprint density at radius 3 is 2.50 bits per heavy atom. The van der Waals surface area contributed by atoms with Crippen LogP contribution in [-0.4, -0.2) is 17.9 Å². The first-order chi connectivity index (χ1) is 10.5. The molecule has 0 amide bonds. The summed E-state index contributed by atoms with van der Waals surface area (Å²) in [5, 5.41) is 3.47. The summed E-state index contributed by atoms with van der Waals surface area (Å²) in [6.07, 6.45) is 2.53. The van der Waals surface area contributed by atoms with Gasteiger partial charge in [-0.15, -0.1) is 0 Å². The van der Waals surface area contributed by atoms with E-state index < -0.39 is 0 Å². The molecule has 2 rings (SSSR count). The maximum absolute atomic E-state index is 12.0. The standard InChI is InChI=1S/C19H25NO2/c1-15-9-10-18(22-15)17(21)12-14-20-19(2,3)13-11-16-7-5-4-6-8-16/h4-10,20H,11-14H2,1-3H3. The van der Waals surface area contributed by atoms with Gasteiger partial charge in [0.2, 0.25) is 0 Å². The lowest BCUT2D eigenvalue weighted by atomic mass is 9.95. The van der Waals surface area contributed by atoms with E-state index in [2.05, 4.69) is 43.4 Å². The van der Waals surface area contributed by atoms with Crippen LogP contribution in [0.15, 0.2) is 46.9 Å². The molecule has 0 aliphatic heterocycles. The minimum atomic E-state index is 0.00913. The van der Waals surface area contributed by atoms with Gasteiger partial charge < -0.3 is 9.73 Å². The van der Waals surface area contributed by atoms with Gasteiger partial charge >= 0.3 is 0 Å². The van der Waals surface area contributed by atoms with E-state index >= 15 is 0 Å². The van der Waals surface area contributed by atoms with E-state index in [1.165, 1.54) is 5.56 Å². The first-order valence-corrected chi connectivity index (χ1v) is 7.85. The monoisotopic (exact) mass is 299 g/mol. The first-order valence-electron chi connectivity index (χ1n) is 7.85. The minimum Gasteiger partial charge on any atom is -0.458 e. The van der Waals surface area contributed by atoms with E-state index in [4.69, 9.17) is 4.42 Å². The molecule has 0 saturated heterocycles. The van der Waals surface area contributed by atoms with Crippen molar-refractivity contribution in [3.05, 3.63) is 59.5 Å². The van der Waals surface area contributed by atoms with Crippen LogP contribution in [0.25, 0.3) is 0 Å². The average Bonchev–Trinajstić information content (AvgIpc) is 2.93. The first kappa shape index (κ1) is 16.5. The smallest absolute Gasteiger partial charge is 0.199 e. The van der Waals surface area contributed by atoms with Crippen molar-refractivity contribution in [1.29, 1.82) is 0 Å². The summed E-state index contributed by atoms with van der Waals surface area (Å²) in [5.74, 6) is 1.29. The van der Waals surface area contributed by atoms with Crippen molar-refractivity contribution < 1.29 is 9.21 Å². The second kappa shape index (κ2) is 7.41. The quantitative estimate of drug-likeness (QED) is 0.744. The van der Waals surface area contributed by atoms with Gasteiger partial charge in [-0.25, -0.2) is 0 Å². The number of hydrogen-bond donors (Lipinski definition) is 1. The Bertz CT molecular complexity index is 599. The van der Waals surface area contributed by atoms with Crippen molar-refractivity contribution in [2.24, 2.45) is 0 Å². The highest BCUT2D eigenvalue weighted by atomic mass is 16.3. The van der Waals surface area contributed by atoms with Gasteiger partial charge in [0, 0.05) is 18.5 Å². The van der Waals surface area contributed by atoms with Crippen molar-refractivity contribution in [2.75, 3.05) is 6.54 Å². The summed E-state index contributed by atoms with van der Waals surface area (Å²) in [6, 6.07) is 14.1. The maximum atomic E-state index is 12.0. The van der Waals surface area contributed by atoms with Crippen LogP contribution in [0, 0.1) is 6.92 Å². The Labute approximate surface area is 132 Å². The molecule has 1 aromatic carbocycles. The summed E-state index contributed by atoms with van der Waals surface area (Å²) in [6.45, 7) is 6.87. The fourth-order valence-electron chi connectivity index (χ4n) is 2.41. The van der Waals surface area contributed by atoms with E-state index in [1.807, 2.05) is 19.1 Å². The molecule has 0 bridgehead atoms. The molecule has 0 saturated carbocycles. The fourth-order valence-corrected chi connectivity index (χ4v) is 2.41. The van der Waals surface area contributed by atoms with Crippen LogP contribution in [0.2, 0.25) is 0 Å². The van der Waals surface area contributed by atoms with E-state index in [1.54, 1.807) is 6.07 Å². The largest absolute Gasteiger partial charge is 0.458 e. The second-order valence-corrected chi connectivity index (χ2v) is 6.38. The molecule has 22 heavy (non-hydrogen) atoms. The number of rotatable bonds is 8. The van der Waals surface area contributed by atoms with Gasteiger partial charge in [-0.1, -0.05) is 30.3 Å². The number of Topliss-reactive ketones (excluding diaryl/α,β-unsaturated/α-hetero) is 1. The van der Waals surface area contributed by atoms with Crippen LogP contribution in [0.5, 0.6) is 0 Å². The van der Waals surface area contributed by atoms with Crippen LogP contribution in [0.3, 0.4) is 0 Å². The van der Waals surface area contributed by atoms with Gasteiger partial charge in [0.25, 0.3) is 0 Å². The lowest BCUT2D eigenvalue weighted by molar-refractivity contribution is 0.0951. The lowest BCUT2D eigenvalue weighted by Crippen LogP contribution is -2.40. The zero-order chi connectivity index (χ0) is 16.0. The van der Waals surface area contributed by atoms with Crippen molar-refractivity contribution in [3.8, 4) is 0 Å². The summed E-state index contributed by atoms with van der Waals surface area (Å²) < 4.78 is 5.36. The second-order valence-electron chi connectivity index (χ2n) is 6.38. The molecule has 0 spiro atoms. The van der Waals surface area contributed by atoms with Gasteiger partial charge in [0.1, 0.15) is 5.76 Å². The fraction of sp³-hybridized carbons (Fsp3) is 0.421. The molecule has 0 aliphatic rings. The Balaban J connectivity index is 1.74. The maximum Gasteiger partial charge on any atom is 0.199 e. The van der Waals surface area contributed by atoms with Crippen LogP contribution >= 0.6 is 0 Å². The Morgan fingerprint density at radius 2 is 1.86 bits per heavy atom. The molecule has 0 unspecified atom stereocenters. The normalized spacial score (nSPS) is 11.6. The average molecular weight is 299 g/mol. The van der Waals surface area contributed by atoms with E-state index in [-0.39, 0.29) is 11.3 Å². The summed E-state index contributed by atoms with van der Waals surface area (Å²) in [7, 11) is 0. The Kier molecular flexibility index (Phi) is 5.56. The number of aryl methyl sites for hydroxylation is 2. The van der Waals surface area contributed by atoms with Crippen molar-refractivity contribution in [1.82, 2.24) is 5.32 Å². The third-order valence-corrected chi connectivity index (χ3v) is 3.85. The summed E-state index contributed by atoms with van der Waals surface area (Å²) in [5.41, 5.74) is 1.36. The van der Waals surface area contributed by atoms with Gasteiger partial charge in [-0.2, -0.15) is 0 Å². The third-order valence-electron chi connectivity index (χ3n) is 3.85. The molecule has 1 heterocycles. The summed E-state index contributed by atoms with van der Waals surface area (Å²) in [4.78, 5) is 12.0. The highest BCUT2D eigenvalue weighted by molar-refractivity contribution is 5.93. The molecule has 0 atom stereocenters. The molecule has 3 heteroatoms. The lowest BCUT2D eigenvalue weighted by Gasteiger charge is -2.26. The SMILES string of the molecule is Cc1ccc(C(=O)CCNC(C)(C)CCc2ccccc2)o1. The molecule has 2 aromatic rings. The number of carbonyl (C=O) groups is 1. The molecule has 118 valence electrons. The van der Waals surface area contributed by atoms with Crippen LogP contribution in [0.1, 0.15) is 48.6 Å². The zero-order valence-electron chi connectivity index (χ0n) is 13.7. The van der Waals surface area contributed by atoms with E-state index in [0.717, 1.165) is 18.6 Å². The highest BCUT2D eigenvalue weighted by Gasteiger charge is 2.18. The van der Waals surface area contributed by atoms with Crippen LogP contribution < -0.4 is 5.32 Å². The number of hydrogen-bond acceptors (Lipinski definition) is 3. The number of carbonyl (C=O) groups excluding carboxylic acids is 1. The van der Waals surface area contributed by atoms with Gasteiger partial charge in [0.05, 0.1) is 0 Å². The van der Waals surface area contributed by atoms with Crippen LogP contribution in [0.4, 0.5) is 0 Å². The van der Waals surface area contributed by atoms with E-state index in [9.17, 15) is 4.79 Å². The zero-order valence-corrected chi connectivity index (χ0v) is 13.7. The number of furan rings is 1. The molecule has 1 N–H and O–H groups in total. The molecule has 1 aromatic heterocycles. The molecular weight excluding hydrogens is 274 g/mol. The number of nitrogens with one attached hydrogen (secondary N) is 1. The molecule has 0 fully saturated rings. The van der Waals surface area contributed by atoms with Crippen molar-refractivity contribution >= 4 is 5.78 Å². The minimum absolute atomic E-state index is 0.00913. The predicted molar refractivity (Wildman–Crippen MR) is 89.2 cm³/mol. The predicted octanol–water partition coefficient (Wildman–Crippen LogP) is 4.16. The molecular formula is C19H25NO2. The van der Waals surface area contributed by atoms with Gasteiger partial charge in [-0.05, 0) is 51.3 Å². The van der Waals surface area contributed by atoms with Crippen LogP contribution in [-0.2, 0) is 6.42 Å². The highest BCUT2D eigenvalue weighted by Crippen LogP contribution is 2.14. The van der Waals surface area contributed by atoms with Gasteiger partial charge in [0.15, 0.2) is 11.5 Å². The third kappa shape index (κ3) is 5.15. The molecule has 0 aliphatic carbocycles. The molecule has 0 radical (unpaired) electrons. The summed E-state index contributed by atoms with van der Waals surface area (Å²) >= 11 is 0. The van der Waals surface area contributed by atoms with Gasteiger partial charge in [-0.3, -0.25) is 4.79 Å². The van der Waals surface area contributed by atoms with Crippen molar-refractivity contribution in [3.63, 3.8) is 0 Å². The Hall–Kier alpha value is -1.87. The van der Waals surface area contributed by atoms with E-state index in [0.29, 0.717) is 18.7 Å². The number of ketones is 1. The molecule has 3 nitrogen and oxygen atoms in total. The van der Waals surface area contributed by atoms with Crippen molar-refractivity contribution in [2.45, 2.75) is 45.6 Å². The Morgan fingerprint density at radius 1 is 1.14 bits per heavy atom. The number of benzene rings is 1. The topological polar surface area (TPSA) is 42.2 Å².